The Balaban J connectivity index is 2.58. The summed E-state index contributed by atoms with van der Waals surface area (Å²) >= 11 is 17.7. The first-order valence-electron chi connectivity index (χ1n) is 4.86. The minimum atomic E-state index is -2.93. The Labute approximate surface area is 116 Å². The normalized spacial score (nSPS) is 11.5. The van der Waals surface area contributed by atoms with Crippen molar-refractivity contribution >= 4 is 50.3 Å². The molecule has 3 nitrogen and oxygen atoms in total. The lowest BCUT2D eigenvalue weighted by atomic mass is 10.3. The van der Waals surface area contributed by atoms with Crippen LogP contribution in [0.15, 0.2) is 12.1 Å². The second-order valence-corrected chi connectivity index (χ2v) is 7.17. The molecule has 17 heavy (non-hydrogen) atoms. The van der Waals surface area contributed by atoms with E-state index in [1.807, 2.05) is 0 Å². The number of hydrogen-bond acceptors (Lipinski definition) is 3. The maximum atomic E-state index is 10.9. The number of hydrogen-bond donors (Lipinski definition) is 1. The van der Waals surface area contributed by atoms with Gasteiger partial charge in [0.1, 0.15) is 9.84 Å². The van der Waals surface area contributed by atoms with E-state index in [0.717, 1.165) is 0 Å². The minimum Gasteiger partial charge on any atom is -0.383 e. The first kappa shape index (κ1) is 14.9. The van der Waals surface area contributed by atoms with Crippen molar-refractivity contribution in [2.45, 2.75) is 6.42 Å². The molecular weight excluding hydrogens is 305 g/mol. The molecule has 0 aromatic heterocycles. The second kappa shape index (κ2) is 6.14. The molecule has 1 aromatic carbocycles. The van der Waals surface area contributed by atoms with Crippen LogP contribution in [0.4, 0.5) is 5.69 Å². The average molecular weight is 317 g/mol. The number of benzene rings is 1. The predicted octanol–water partition coefficient (Wildman–Crippen LogP) is 3.49. The topological polar surface area (TPSA) is 46.2 Å². The fourth-order valence-electron chi connectivity index (χ4n) is 1.26. The van der Waals surface area contributed by atoms with E-state index in [1.165, 1.54) is 6.26 Å². The van der Waals surface area contributed by atoms with Crippen LogP contribution < -0.4 is 5.32 Å². The molecule has 7 heteroatoms. The van der Waals surface area contributed by atoms with Gasteiger partial charge in [0, 0.05) is 17.8 Å². The van der Waals surface area contributed by atoms with Crippen molar-refractivity contribution in [1.29, 1.82) is 0 Å². The monoisotopic (exact) mass is 315 g/mol. The van der Waals surface area contributed by atoms with Crippen molar-refractivity contribution in [2.24, 2.45) is 0 Å². The number of sulfone groups is 1. The van der Waals surface area contributed by atoms with Crippen molar-refractivity contribution in [1.82, 2.24) is 0 Å². The number of nitrogens with one attached hydrogen (secondary N) is 1. The smallest absolute Gasteiger partial charge is 0.147 e. The van der Waals surface area contributed by atoms with Gasteiger partial charge in [0.2, 0.25) is 0 Å². The summed E-state index contributed by atoms with van der Waals surface area (Å²) in [6, 6.07) is 3.15. The summed E-state index contributed by atoms with van der Waals surface area (Å²) in [5.41, 5.74) is 0.575. The summed E-state index contributed by atoms with van der Waals surface area (Å²) in [6.45, 7) is 0.480. The van der Waals surface area contributed by atoms with Crippen LogP contribution in [0.2, 0.25) is 15.1 Å². The molecular formula is C10H12Cl3NO2S. The molecule has 0 aliphatic rings. The highest BCUT2D eigenvalue weighted by Crippen LogP contribution is 2.33. The van der Waals surface area contributed by atoms with E-state index in [4.69, 9.17) is 34.8 Å². The lowest BCUT2D eigenvalue weighted by Gasteiger charge is -2.10. The molecule has 0 amide bonds. The van der Waals surface area contributed by atoms with E-state index in [0.29, 0.717) is 33.7 Å². The van der Waals surface area contributed by atoms with Gasteiger partial charge in [-0.1, -0.05) is 34.8 Å². The molecule has 0 bridgehead atoms. The van der Waals surface area contributed by atoms with E-state index in [2.05, 4.69) is 5.32 Å². The summed E-state index contributed by atoms with van der Waals surface area (Å²) in [6.07, 6.45) is 1.70. The van der Waals surface area contributed by atoms with E-state index in [1.54, 1.807) is 12.1 Å². The van der Waals surface area contributed by atoms with E-state index < -0.39 is 9.84 Å². The number of rotatable bonds is 5. The van der Waals surface area contributed by atoms with Crippen LogP contribution in [-0.4, -0.2) is 27.0 Å². The van der Waals surface area contributed by atoms with E-state index >= 15 is 0 Å². The third-order valence-electron chi connectivity index (χ3n) is 2.00. The van der Waals surface area contributed by atoms with Crippen molar-refractivity contribution in [2.75, 3.05) is 23.9 Å². The van der Waals surface area contributed by atoms with Crippen molar-refractivity contribution < 1.29 is 8.42 Å². The Hall–Kier alpha value is -0.160. The van der Waals surface area contributed by atoms with Gasteiger partial charge >= 0.3 is 0 Å². The fourth-order valence-corrected chi connectivity index (χ4v) is 2.88. The summed E-state index contributed by atoms with van der Waals surface area (Å²) in [5, 5.41) is 4.29. The van der Waals surface area contributed by atoms with Gasteiger partial charge in [0.15, 0.2) is 0 Å². The average Bonchev–Trinajstić information content (AvgIpc) is 2.13. The van der Waals surface area contributed by atoms with Gasteiger partial charge in [0.05, 0.1) is 21.5 Å². The molecule has 0 aliphatic heterocycles. The van der Waals surface area contributed by atoms with Crippen LogP contribution in [0.5, 0.6) is 0 Å². The molecule has 0 saturated heterocycles. The fraction of sp³-hybridized carbons (Fsp3) is 0.400. The van der Waals surface area contributed by atoms with Gasteiger partial charge in [-0.15, -0.1) is 0 Å². The van der Waals surface area contributed by atoms with Crippen molar-refractivity contribution in [3.8, 4) is 0 Å². The van der Waals surface area contributed by atoms with Crippen LogP contribution in [0.3, 0.4) is 0 Å². The summed E-state index contributed by atoms with van der Waals surface area (Å²) in [7, 11) is -2.93. The predicted molar refractivity (Wildman–Crippen MR) is 74.3 cm³/mol. The Morgan fingerprint density at radius 2 is 1.71 bits per heavy atom. The molecule has 0 fully saturated rings. The third kappa shape index (κ3) is 5.34. The molecule has 0 aliphatic carbocycles. The Morgan fingerprint density at radius 3 is 2.18 bits per heavy atom. The third-order valence-corrected chi connectivity index (χ3v) is 3.85. The maximum Gasteiger partial charge on any atom is 0.147 e. The summed E-state index contributed by atoms with van der Waals surface area (Å²) in [5.74, 6) is 0.128. The number of halogens is 3. The van der Waals surface area contributed by atoms with Crippen molar-refractivity contribution in [3.63, 3.8) is 0 Å². The Morgan fingerprint density at radius 1 is 1.18 bits per heavy atom. The largest absolute Gasteiger partial charge is 0.383 e. The van der Waals surface area contributed by atoms with Gasteiger partial charge in [-0.2, -0.15) is 0 Å². The van der Waals surface area contributed by atoms with Crippen LogP contribution in [0.1, 0.15) is 6.42 Å². The second-order valence-electron chi connectivity index (χ2n) is 3.65. The van der Waals surface area contributed by atoms with Gasteiger partial charge < -0.3 is 5.32 Å². The molecule has 0 atom stereocenters. The van der Waals surface area contributed by atoms with Crippen LogP contribution in [0, 0.1) is 0 Å². The standard InChI is InChI=1S/C10H12Cl3NO2S/c1-17(15,16)4-2-3-14-10-8(12)5-7(11)6-9(10)13/h5-6,14H,2-4H2,1H3. The maximum absolute atomic E-state index is 10.9. The van der Waals surface area contributed by atoms with Crippen LogP contribution in [0.25, 0.3) is 0 Å². The quantitative estimate of drug-likeness (QED) is 0.846. The van der Waals surface area contributed by atoms with Gasteiger partial charge in [-0.3, -0.25) is 0 Å². The highest BCUT2D eigenvalue weighted by atomic mass is 35.5. The molecule has 1 N–H and O–H groups in total. The molecule has 0 spiro atoms. The molecule has 0 saturated carbocycles. The van der Waals surface area contributed by atoms with Crippen LogP contribution >= 0.6 is 34.8 Å². The molecule has 1 aromatic rings. The first-order chi connectivity index (χ1) is 7.79. The molecule has 1 rings (SSSR count). The molecule has 0 radical (unpaired) electrons. The molecule has 0 heterocycles. The zero-order valence-corrected chi connectivity index (χ0v) is 12.2. The SMILES string of the molecule is CS(=O)(=O)CCCNc1c(Cl)cc(Cl)cc1Cl. The Bertz CT molecular complexity index is 479. The molecule has 0 unspecified atom stereocenters. The Kier molecular flexibility index (Phi) is 5.38. The summed E-state index contributed by atoms with van der Waals surface area (Å²) in [4.78, 5) is 0. The number of anilines is 1. The minimum absolute atomic E-state index is 0.128. The van der Waals surface area contributed by atoms with E-state index in [9.17, 15) is 8.42 Å². The van der Waals surface area contributed by atoms with Gasteiger partial charge in [0.25, 0.3) is 0 Å². The molecule has 96 valence electrons. The van der Waals surface area contributed by atoms with Gasteiger partial charge in [-0.05, 0) is 18.6 Å². The highest BCUT2D eigenvalue weighted by molar-refractivity contribution is 7.90. The summed E-state index contributed by atoms with van der Waals surface area (Å²) < 4.78 is 21.8. The van der Waals surface area contributed by atoms with E-state index in [-0.39, 0.29) is 5.75 Å². The zero-order valence-electron chi connectivity index (χ0n) is 9.13. The first-order valence-corrected chi connectivity index (χ1v) is 8.05. The lowest BCUT2D eigenvalue weighted by molar-refractivity contribution is 0.600. The highest BCUT2D eigenvalue weighted by Gasteiger charge is 2.07. The van der Waals surface area contributed by atoms with Gasteiger partial charge in [-0.25, -0.2) is 8.42 Å². The van der Waals surface area contributed by atoms with Crippen LogP contribution in [-0.2, 0) is 9.84 Å². The van der Waals surface area contributed by atoms with Crippen molar-refractivity contribution in [3.05, 3.63) is 27.2 Å². The lowest BCUT2D eigenvalue weighted by Crippen LogP contribution is -2.10. The zero-order chi connectivity index (χ0) is 13.1.